The zero-order valence-corrected chi connectivity index (χ0v) is 11.8. The molecule has 18 heavy (non-hydrogen) atoms. The molecule has 0 saturated carbocycles. The lowest BCUT2D eigenvalue weighted by Crippen LogP contribution is -2.22. The number of aliphatic hydroxyl groups excluding tert-OH is 1. The molecule has 1 rings (SSSR count). The van der Waals surface area contributed by atoms with Crippen molar-refractivity contribution in [3.8, 4) is 0 Å². The van der Waals surface area contributed by atoms with Crippen LogP contribution in [-0.4, -0.2) is 24.2 Å². The quantitative estimate of drug-likeness (QED) is 0.589. The van der Waals surface area contributed by atoms with Gasteiger partial charge in [-0.1, -0.05) is 6.92 Å². The number of rotatable bonds is 7. The molecule has 1 heterocycles. The van der Waals surface area contributed by atoms with E-state index in [1.807, 2.05) is 31.4 Å². The van der Waals surface area contributed by atoms with E-state index in [0.29, 0.717) is 12.5 Å². The molecule has 3 nitrogen and oxygen atoms in total. The summed E-state index contributed by atoms with van der Waals surface area (Å²) in [4.78, 5) is 12.6. The molecular formula is C14H21NO2S. The number of aryl methyl sites for hydroxylation is 1. The van der Waals surface area contributed by atoms with Crippen LogP contribution in [0, 0.1) is 12.8 Å². The maximum atomic E-state index is 11.5. The monoisotopic (exact) mass is 267 g/mol. The number of carbonyl (C=O) groups is 1. The van der Waals surface area contributed by atoms with Crippen molar-refractivity contribution in [1.29, 1.82) is 0 Å². The van der Waals surface area contributed by atoms with E-state index in [4.69, 9.17) is 5.11 Å². The van der Waals surface area contributed by atoms with Crippen LogP contribution in [0.1, 0.15) is 30.2 Å². The smallest absolute Gasteiger partial charge is 0.244 e. The Morgan fingerprint density at radius 1 is 1.61 bits per heavy atom. The Balaban J connectivity index is 2.22. The van der Waals surface area contributed by atoms with Crippen LogP contribution in [0.15, 0.2) is 17.5 Å². The molecular weight excluding hydrogens is 246 g/mol. The van der Waals surface area contributed by atoms with E-state index in [-0.39, 0.29) is 12.5 Å². The number of carbonyl (C=O) groups excluding carboxylic acids is 1. The molecule has 1 aromatic heterocycles. The fourth-order valence-corrected chi connectivity index (χ4v) is 2.34. The molecule has 1 atom stereocenters. The third-order valence-electron chi connectivity index (χ3n) is 2.77. The maximum absolute atomic E-state index is 11.5. The predicted molar refractivity (Wildman–Crippen MR) is 76.6 cm³/mol. The van der Waals surface area contributed by atoms with Crippen LogP contribution in [0.2, 0.25) is 0 Å². The van der Waals surface area contributed by atoms with Gasteiger partial charge in [0.1, 0.15) is 0 Å². The van der Waals surface area contributed by atoms with Gasteiger partial charge in [0.25, 0.3) is 0 Å². The highest BCUT2D eigenvalue weighted by Gasteiger charge is 2.00. The van der Waals surface area contributed by atoms with Gasteiger partial charge in [-0.2, -0.15) is 0 Å². The second-order valence-electron chi connectivity index (χ2n) is 4.52. The van der Waals surface area contributed by atoms with E-state index in [1.54, 1.807) is 17.4 Å². The van der Waals surface area contributed by atoms with Gasteiger partial charge in [-0.25, -0.2) is 0 Å². The molecule has 0 bridgehead atoms. The molecule has 0 spiro atoms. The Morgan fingerprint density at radius 3 is 3.00 bits per heavy atom. The van der Waals surface area contributed by atoms with Crippen LogP contribution < -0.4 is 5.32 Å². The predicted octanol–water partition coefficient (Wildman–Crippen LogP) is 2.59. The molecule has 1 amide bonds. The first kappa shape index (κ1) is 14.9. The second-order valence-corrected chi connectivity index (χ2v) is 5.47. The summed E-state index contributed by atoms with van der Waals surface area (Å²) < 4.78 is 0. The summed E-state index contributed by atoms with van der Waals surface area (Å²) in [5.41, 5.74) is 1.20. The van der Waals surface area contributed by atoms with Crippen LogP contribution >= 0.6 is 11.3 Å². The Labute approximate surface area is 113 Å². The highest BCUT2D eigenvalue weighted by atomic mass is 32.1. The SMILES string of the molecule is Cc1ccsc1/C=C/C(=O)NCCCC(C)CO. The maximum Gasteiger partial charge on any atom is 0.244 e. The topological polar surface area (TPSA) is 49.3 Å². The summed E-state index contributed by atoms with van der Waals surface area (Å²) >= 11 is 1.63. The van der Waals surface area contributed by atoms with Crippen molar-refractivity contribution in [2.45, 2.75) is 26.7 Å². The number of hydrogen-bond donors (Lipinski definition) is 2. The lowest BCUT2D eigenvalue weighted by Gasteiger charge is -2.07. The first-order valence-corrected chi connectivity index (χ1v) is 7.12. The Kier molecular flexibility index (Phi) is 6.68. The summed E-state index contributed by atoms with van der Waals surface area (Å²) in [6.45, 7) is 4.91. The largest absolute Gasteiger partial charge is 0.396 e. The van der Waals surface area contributed by atoms with Crippen LogP contribution in [0.4, 0.5) is 0 Å². The summed E-state index contributed by atoms with van der Waals surface area (Å²) in [5.74, 6) is 0.255. The van der Waals surface area contributed by atoms with Gasteiger partial charge in [0.15, 0.2) is 0 Å². The molecule has 0 radical (unpaired) electrons. The summed E-state index contributed by atoms with van der Waals surface area (Å²) in [6.07, 6.45) is 5.27. The summed E-state index contributed by atoms with van der Waals surface area (Å²) in [6, 6.07) is 2.04. The Hall–Kier alpha value is -1.13. The molecule has 0 saturated heterocycles. The zero-order valence-electron chi connectivity index (χ0n) is 11.0. The van der Waals surface area contributed by atoms with Gasteiger partial charge >= 0.3 is 0 Å². The van der Waals surface area contributed by atoms with E-state index < -0.39 is 0 Å². The average Bonchev–Trinajstić information content (AvgIpc) is 2.77. The minimum Gasteiger partial charge on any atom is -0.396 e. The van der Waals surface area contributed by atoms with E-state index in [1.165, 1.54) is 5.56 Å². The van der Waals surface area contributed by atoms with Crippen LogP contribution in [0.5, 0.6) is 0 Å². The fraction of sp³-hybridized carbons (Fsp3) is 0.500. The molecule has 0 aliphatic carbocycles. The normalized spacial score (nSPS) is 12.8. The first-order chi connectivity index (χ1) is 8.63. The molecule has 1 unspecified atom stereocenters. The standard InChI is InChI=1S/C14H21NO2S/c1-11(10-16)4-3-8-15-14(17)6-5-13-12(2)7-9-18-13/h5-7,9,11,16H,3-4,8,10H2,1-2H3,(H,15,17)/b6-5+. The number of amides is 1. The fourth-order valence-electron chi connectivity index (χ4n) is 1.52. The van der Waals surface area contributed by atoms with Crippen molar-refractivity contribution in [2.24, 2.45) is 5.92 Å². The lowest BCUT2D eigenvalue weighted by molar-refractivity contribution is -0.116. The number of hydrogen-bond acceptors (Lipinski definition) is 3. The van der Waals surface area contributed by atoms with Crippen LogP contribution in [-0.2, 0) is 4.79 Å². The molecule has 0 fully saturated rings. The zero-order chi connectivity index (χ0) is 13.4. The van der Waals surface area contributed by atoms with Gasteiger partial charge in [-0.15, -0.1) is 11.3 Å². The van der Waals surface area contributed by atoms with Gasteiger partial charge in [-0.3, -0.25) is 4.79 Å². The number of thiophene rings is 1. The van der Waals surface area contributed by atoms with Gasteiger partial charge in [-0.05, 0) is 48.8 Å². The van der Waals surface area contributed by atoms with Crippen LogP contribution in [0.3, 0.4) is 0 Å². The Morgan fingerprint density at radius 2 is 2.39 bits per heavy atom. The van der Waals surface area contributed by atoms with Gasteiger partial charge in [0.05, 0.1) is 0 Å². The average molecular weight is 267 g/mol. The third-order valence-corrected chi connectivity index (χ3v) is 3.76. The molecule has 0 aromatic carbocycles. The number of aliphatic hydroxyl groups is 1. The van der Waals surface area contributed by atoms with Crippen molar-refractivity contribution in [1.82, 2.24) is 5.32 Å². The third kappa shape index (κ3) is 5.47. The minimum atomic E-state index is -0.0561. The van der Waals surface area contributed by atoms with Crippen molar-refractivity contribution in [2.75, 3.05) is 13.2 Å². The molecule has 0 aliphatic rings. The van der Waals surface area contributed by atoms with E-state index in [0.717, 1.165) is 17.7 Å². The summed E-state index contributed by atoms with van der Waals surface area (Å²) in [7, 11) is 0. The van der Waals surface area contributed by atoms with E-state index in [9.17, 15) is 4.79 Å². The highest BCUT2D eigenvalue weighted by molar-refractivity contribution is 7.11. The highest BCUT2D eigenvalue weighted by Crippen LogP contribution is 2.16. The van der Waals surface area contributed by atoms with Gasteiger partial charge < -0.3 is 10.4 Å². The van der Waals surface area contributed by atoms with E-state index in [2.05, 4.69) is 5.32 Å². The van der Waals surface area contributed by atoms with Gasteiger partial charge in [0.2, 0.25) is 5.91 Å². The molecule has 0 aliphatic heterocycles. The van der Waals surface area contributed by atoms with Crippen molar-refractivity contribution in [3.05, 3.63) is 28.0 Å². The summed E-state index contributed by atoms with van der Waals surface area (Å²) in [5, 5.41) is 13.7. The Bertz CT molecular complexity index is 398. The lowest BCUT2D eigenvalue weighted by atomic mass is 10.1. The number of nitrogens with one attached hydrogen (secondary N) is 1. The first-order valence-electron chi connectivity index (χ1n) is 6.24. The molecule has 4 heteroatoms. The van der Waals surface area contributed by atoms with Crippen molar-refractivity contribution >= 4 is 23.3 Å². The van der Waals surface area contributed by atoms with Crippen molar-refractivity contribution in [3.63, 3.8) is 0 Å². The molecule has 1 aromatic rings. The van der Waals surface area contributed by atoms with E-state index >= 15 is 0 Å². The molecule has 2 N–H and O–H groups in total. The molecule has 100 valence electrons. The van der Waals surface area contributed by atoms with Crippen molar-refractivity contribution < 1.29 is 9.90 Å². The minimum absolute atomic E-state index is 0.0561. The second kappa shape index (κ2) is 8.06. The van der Waals surface area contributed by atoms with Gasteiger partial charge in [0, 0.05) is 24.1 Å². The van der Waals surface area contributed by atoms with Crippen LogP contribution in [0.25, 0.3) is 6.08 Å².